The van der Waals surface area contributed by atoms with Crippen molar-refractivity contribution in [3.63, 3.8) is 0 Å². The lowest BCUT2D eigenvalue weighted by atomic mass is 9.93. The molecule has 1 fully saturated rings. The number of rotatable bonds is 6. The maximum Gasteiger partial charge on any atom is 0.388 e. The van der Waals surface area contributed by atoms with E-state index < -0.39 is 12.6 Å². The Hall–Kier alpha value is -2.89. The zero-order valence-electron chi connectivity index (χ0n) is 14.9. The third-order valence-electron chi connectivity index (χ3n) is 4.72. The van der Waals surface area contributed by atoms with Gasteiger partial charge >= 0.3 is 6.61 Å². The minimum atomic E-state index is -2.96. The van der Waals surface area contributed by atoms with E-state index in [2.05, 4.69) is 35.3 Å². The van der Waals surface area contributed by atoms with Crippen LogP contribution in [0, 0.1) is 11.9 Å². The monoisotopic (exact) mass is 397 g/mol. The van der Waals surface area contributed by atoms with Gasteiger partial charge in [0, 0.05) is 19.3 Å². The van der Waals surface area contributed by atoms with Crippen molar-refractivity contribution in [2.45, 2.75) is 32.4 Å². The number of aromatic nitrogens is 6. The van der Waals surface area contributed by atoms with Crippen LogP contribution in [0.3, 0.4) is 0 Å². The van der Waals surface area contributed by atoms with E-state index in [1.165, 1.54) is 16.9 Å². The molecule has 9 nitrogen and oxygen atoms in total. The molecule has 0 spiro atoms. The molecule has 0 bridgehead atoms. The van der Waals surface area contributed by atoms with E-state index in [9.17, 15) is 13.2 Å². The van der Waals surface area contributed by atoms with Crippen molar-refractivity contribution in [2.75, 3.05) is 18.5 Å². The van der Waals surface area contributed by atoms with Crippen LogP contribution in [0.15, 0.2) is 12.3 Å². The Morgan fingerprint density at radius 2 is 2.11 bits per heavy atom. The Bertz CT molecular complexity index is 955. The zero-order valence-corrected chi connectivity index (χ0v) is 14.9. The van der Waals surface area contributed by atoms with Gasteiger partial charge in [0.1, 0.15) is 0 Å². The van der Waals surface area contributed by atoms with Crippen LogP contribution in [0.25, 0.3) is 11.2 Å². The first-order valence-corrected chi connectivity index (χ1v) is 8.77. The van der Waals surface area contributed by atoms with Crippen molar-refractivity contribution in [1.82, 2.24) is 29.9 Å². The van der Waals surface area contributed by atoms with Crippen molar-refractivity contribution >= 4 is 22.8 Å². The molecule has 3 aromatic rings. The Morgan fingerprint density at radius 3 is 2.86 bits per heavy atom. The van der Waals surface area contributed by atoms with E-state index in [0.717, 1.165) is 12.8 Å². The fourth-order valence-electron chi connectivity index (χ4n) is 3.27. The maximum absolute atomic E-state index is 14.2. The van der Waals surface area contributed by atoms with Gasteiger partial charge in [-0.2, -0.15) is 18.3 Å². The maximum atomic E-state index is 14.2. The molecule has 28 heavy (non-hydrogen) atoms. The van der Waals surface area contributed by atoms with Crippen LogP contribution in [-0.4, -0.2) is 49.8 Å². The zero-order chi connectivity index (χ0) is 19.7. The summed E-state index contributed by atoms with van der Waals surface area (Å²) >= 11 is 0. The average Bonchev–Trinajstić information content (AvgIpc) is 3.25. The normalized spacial score (nSPS) is 16.6. The van der Waals surface area contributed by atoms with E-state index in [-0.39, 0.29) is 35.0 Å². The average molecular weight is 397 g/mol. The summed E-state index contributed by atoms with van der Waals surface area (Å²) in [4.78, 5) is 8.47. The molecule has 1 saturated heterocycles. The molecular formula is C16H18F3N7O2. The van der Waals surface area contributed by atoms with Gasteiger partial charge in [-0.15, -0.1) is 5.10 Å². The lowest BCUT2D eigenvalue weighted by molar-refractivity contribution is -0.0528. The van der Waals surface area contributed by atoms with Crippen LogP contribution >= 0.6 is 0 Å². The second-order valence-electron chi connectivity index (χ2n) is 6.47. The summed E-state index contributed by atoms with van der Waals surface area (Å²) in [5.74, 6) is -0.137. The molecule has 2 N–H and O–H groups in total. The van der Waals surface area contributed by atoms with Crippen molar-refractivity contribution in [3.8, 4) is 5.88 Å². The number of anilines is 2. The van der Waals surface area contributed by atoms with E-state index in [0.29, 0.717) is 18.9 Å². The minimum Gasteiger partial charge on any atom is -0.417 e. The van der Waals surface area contributed by atoms with Gasteiger partial charge in [0.2, 0.25) is 5.88 Å². The summed E-state index contributed by atoms with van der Waals surface area (Å²) in [5, 5.41) is 12.9. The molecule has 1 aliphatic heterocycles. The topological polar surface area (TPSA) is 103 Å². The highest BCUT2D eigenvalue weighted by molar-refractivity contribution is 5.72. The third kappa shape index (κ3) is 3.72. The number of aromatic amines is 1. The Kier molecular flexibility index (Phi) is 5.03. The highest BCUT2D eigenvalue weighted by atomic mass is 19.3. The summed E-state index contributed by atoms with van der Waals surface area (Å²) in [6.07, 6.45) is 3.03. The number of alkyl halides is 2. The number of ether oxygens (including phenoxy) is 2. The number of nitrogens with one attached hydrogen (secondary N) is 2. The fourth-order valence-corrected chi connectivity index (χ4v) is 3.27. The Labute approximate surface area is 157 Å². The summed E-state index contributed by atoms with van der Waals surface area (Å²) in [6, 6.07) is 1.16. The van der Waals surface area contributed by atoms with E-state index in [1.807, 2.05) is 6.92 Å². The number of hydrogen-bond donors (Lipinski definition) is 2. The predicted molar refractivity (Wildman–Crippen MR) is 92.0 cm³/mol. The standard InChI is InChI=1S/C16H18F3N7O2/c1-8(9-2-4-27-5-3-9)26-15-13(14(17)25-26)20-7-11(22-15)21-10-6-12(24-23-10)28-16(18)19/h6-9,16H,2-5H2,1H3,(H2,21,22,23,24). The Morgan fingerprint density at radius 1 is 1.32 bits per heavy atom. The highest BCUT2D eigenvalue weighted by Crippen LogP contribution is 2.30. The van der Waals surface area contributed by atoms with E-state index >= 15 is 0 Å². The quantitative estimate of drug-likeness (QED) is 0.659. The summed E-state index contributed by atoms with van der Waals surface area (Å²) in [5.41, 5.74) is 0.356. The van der Waals surface area contributed by atoms with Crippen molar-refractivity contribution in [1.29, 1.82) is 0 Å². The van der Waals surface area contributed by atoms with Crippen LogP contribution < -0.4 is 10.1 Å². The summed E-state index contributed by atoms with van der Waals surface area (Å²) in [7, 11) is 0. The first-order valence-electron chi connectivity index (χ1n) is 8.77. The van der Waals surface area contributed by atoms with Crippen LogP contribution in [0.5, 0.6) is 5.88 Å². The molecule has 0 saturated carbocycles. The van der Waals surface area contributed by atoms with Gasteiger partial charge in [-0.1, -0.05) is 0 Å². The van der Waals surface area contributed by atoms with Gasteiger partial charge in [0.15, 0.2) is 22.8 Å². The number of hydrogen-bond acceptors (Lipinski definition) is 7. The molecule has 0 aliphatic carbocycles. The fraction of sp³-hybridized carbons (Fsp3) is 0.500. The van der Waals surface area contributed by atoms with E-state index in [1.54, 1.807) is 0 Å². The molecule has 0 aromatic carbocycles. The van der Waals surface area contributed by atoms with Gasteiger partial charge in [-0.3, -0.25) is 0 Å². The smallest absolute Gasteiger partial charge is 0.388 e. The molecule has 1 unspecified atom stereocenters. The number of H-pyrrole nitrogens is 1. The largest absolute Gasteiger partial charge is 0.417 e. The molecule has 3 aromatic heterocycles. The number of nitrogens with zero attached hydrogens (tertiary/aromatic N) is 5. The summed E-state index contributed by atoms with van der Waals surface area (Å²) in [6.45, 7) is 0.327. The molecule has 1 atom stereocenters. The third-order valence-corrected chi connectivity index (χ3v) is 4.72. The number of fused-ring (bicyclic) bond motifs is 1. The molecule has 0 amide bonds. The van der Waals surface area contributed by atoms with Crippen molar-refractivity contribution < 1.29 is 22.6 Å². The van der Waals surface area contributed by atoms with Crippen molar-refractivity contribution in [3.05, 3.63) is 18.2 Å². The highest BCUT2D eigenvalue weighted by Gasteiger charge is 2.26. The molecular weight excluding hydrogens is 379 g/mol. The van der Waals surface area contributed by atoms with E-state index in [4.69, 9.17) is 4.74 Å². The molecule has 1 aliphatic rings. The molecule has 12 heteroatoms. The van der Waals surface area contributed by atoms with Gasteiger partial charge in [0.25, 0.3) is 5.95 Å². The second kappa shape index (κ2) is 7.62. The minimum absolute atomic E-state index is 0.0632. The Balaban J connectivity index is 1.59. The van der Waals surface area contributed by atoms with Crippen LogP contribution in [-0.2, 0) is 4.74 Å². The van der Waals surface area contributed by atoms with Crippen LogP contribution in [0.1, 0.15) is 25.8 Å². The lowest BCUT2D eigenvalue weighted by Crippen LogP contribution is -2.25. The first-order chi connectivity index (χ1) is 13.5. The van der Waals surface area contributed by atoms with Gasteiger partial charge < -0.3 is 14.8 Å². The van der Waals surface area contributed by atoms with Gasteiger partial charge in [-0.05, 0) is 25.7 Å². The predicted octanol–water partition coefficient (Wildman–Crippen LogP) is 3.02. The summed E-state index contributed by atoms with van der Waals surface area (Å²) < 4.78 is 49.9. The van der Waals surface area contributed by atoms with Gasteiger partial charge in [0.05, 0.1) is 12.2 Å². The molecule has 4 rings (SSSR count). The first kappa shape index (κ1) is 18.5. The van der Waals surface area contributed by atoms with Gasteiger partial charge in [-0.25, -0.2) is 19.7 Å². The second-order valence-corrected chi connectivity index (χ2v) is 6.47. The molecule has 4 heterocycles. The number of halogens is 3. The van der Waals surface area contributed by atoms with Crippen molar-refractivity contribution in [2.24, 2.45) is 5.92 Å². The molecule has 150 valence electrons. The SMILES string of the molecule is CC(C1CCOCC1)n1nc(F)c2ncc(Nc3cc(OC(F)F)[nH]n3)nc21. The van der Waals surface area contributed by atoms with Crippen LogP contribution in [0.4, 0.5) is 24.8 Å². The molecule has 0 radical (unpaired) electrons. The van der Waals surface area contributed by atoms with Crippen LogP contribution in [0.2, 0.25) is 0 Å². The lowest BCUT2D eigenvalue weighted by Gasteiger charge is -2.27.